The number of allylic oxidation sites excluding steroid dienone is 2. The molecule has 102 valence electrons. The number of ketones is 1. The van der Waals surface area contributed by atoms with Gasteiger partial charge >= 0.3 is 0 Å². The Kier molecular flexibility index (Phi) is 4.05. The van der Waals surface area contributed by atoms with Crippen molar-refractivity contribution in [1.82, 2.24) is 5.32 Å². The second-order valence-electron chi connectivity index (χ2n) is 5.96. The van der Waals surface area contributed by atoms with Gasteiger partial charge in [-0.2, -0.15) is 0 Å². The molecule has 2 rings (SSSR count). The number of rotatable bonds is 4. The van der Waals surface area contributed by atoms with E-state index in [0.29, 0.717) is 13.0 Å². The van der Waals surface area contributed by atoms with E-state index in [4.69, 9.17) is 0 Å². The Balaban J connectivity index is 1.94. The fraction of sp³-hybridized carbons (Fsp3) is 0.438. The molecular weight excluding hydrogens is 238 g/mol. The van der Waals surface area contributed by atoms with Crippen molar-refractivity contribution in [2.75, 3.05) is 6.54 Å². The molecule has 3 heteroatoms. The Morgan fingerprint density at radius 1 is 1.26 bits per heavy atom. The number of nitrogens with one attached hydrogen (secondary N) is 1. The molecule has 1 aromatic rings. The van der Waals surface area contributed by atoms with Crippen molar-refractivity contribution in [3.63, 3.8) is 0 Å². The van der Waals surface area contributed by atoms with Gasteiger partial charge in [-0.3, -0.25) is 4.79 Å². The summed E-state index contributed by atoms with van der Waals surface area (Å²) in [7, 11) is 0. The molecule has 19 heavy (non-hydrogen) atoms. The molecule has 0 bridgehead atoms. The van der Waals surface area contributed by atoms with Gasteiger partial charge in [0, 0.05) is 24.7 Å². The Labute approximate surface area is 114 Å². The molecule has 1 aliphatic rings. The maximum atomic E-state index is 11.6. The van der Waals surface area contributed by atoms with Crippen LogP contribution in [0.25, 0.3) is 0 Å². The topological polar surface area (TPSA) is 49.3 Å². The summed E-state index contributed by atoms with van der Waals surface area (Å²) in [6, 6.07) is 9.54. The molecule has 0 spiro atoms. The van der Waals surface area contributed by atoms with Crippen LogP contribution in [0.3, 0.4) is 0 Å². The number of hydrogen-bond acceptors (Lipinski definition) is 3. The van der Waals surface area contributed by atoms with Gasteiger partial charge in [-0.15, -0.1) is 0 Å². The lowest BCUT2D eigenvalue weighted by Crippen LogP contribution is -2.30. The molecule has 0 saturated carbocycles. The average Bonchev–Trinajstić information content (AvgIpc) is 2.34. The summed E-state index contributed by atoms with van der Waals surface area (Å²) in [6.07, 6.45) is 2.56. The van der Waals surface area contributed by atoms with E-state index >= 15 is 0 Å². The van der Waals surface area contributed by atoms with Crippen molar-refractivity contribution in [3.05, 3.63) is 47.7 Å². The standard InChI is InChI=1S/C16H21NO2/c1-16(2)9-13(8-14(18)10-16)17-11-15(19)12-6-4-3-5-7-12/h3-8,15,17,19H,9-11H2,1-2H3/t15-/m0/s1. The summed E-state index contributed by atoms with van der Waals surface area (Å²) in [5.74, 6) is 0.160. The van der Waals surface area contributed by atoms with Crippen LogP contribution in [0.4, 0.5) is 0 Å². The van der Waals surface area contributed by atoms with Crippen molar-refractivity contribution in [2.45, 2.75) is 32.8 Å². The smallest absolute Gasteiger partial charge is 0.157 e. The first-order valence-electron chi connectivity index (χ1n) is 6.67. The largest absolute Gasteiger partial charge is 0.387 e. The second-order valence-corrected chi connectivity index (χ2v) is 5.96. The van der Waals surface area contributed by atoms with Gasteiger partial charge in [0.15, 0.2) is 5.78 Å². The highest BCUT2D eigenvalue weighted by atomic mass is 16.3. The quantitative estimate of drug-likeness (QED) is 0.873. The minimum atomic E-state index is -0.553. The van der Waals surface area contributed by atoms with E-state index in [9.17, 15) is 9.90 Å². The van der Waals surface area contributed by atoms with E-state index < -0.39 is 6.10 Å². The highest BCUT2D eigenvalue weighted by Gasteiger charge is 2.27. The van der Waals surface area contributed by atoms with E-state index in [1.807, 2.05) is 30.3 Å². The van der Waals surface area contributed by atoms with E-state index in [-0.39, 0.29) is 11.2 Å². The molecule has 0 fully saturated rings. The third kappa shape index (κ3) is 3.93. The summed E-state index contributed by atoms with van der Waals surface area (Å²) in [5.41, 5.74) is 1.82. The van der Waals surface area contributed by atoms with Crippen molar-refractivity contribution in [3.8, 4) is 0 Å². The molecule has 3 nitrogen and oxygen atoms in total. The Morgan fingerprint density at radius 2 is 1.95 bits per heavy atom. The van der Waals surface area contributed by atoms with E-state index in [1.165, 1.54) is 0 Å². The van der Waals surface area contributed by atoms with Crippen LogP contribution in [0.1, 0.15) is 38.4 Å². The van der Waals surface area contributed by atoms with Gasteiger partial charge in [0.05, 0.1) is 6.10 Å². The predicted molar refractivity (Wildman–Crippen MR) is 75.5 cm³/mol. The predicted octanol–water partition coefficient (Wildman–Crippen LogP) is 2.58. The highest BCUT2D eigenvalue weighted by Crippen LogP contribution is 2.32. The third-order valence-corrected chi connectivity index (χ3v) is 3.36. The van der Waals surface area contributed by atoms with Gasteiger partial charge in [0.2, 0.25) is 0 Å². The molecule has 1 aromatic carbocycles. The van der Waals surface area contributed by atoms with Gasteiger partial charge < -0.3 is 10.4 Å². The Hall–Kier alpha value is -1.61. The summed E-state index contributed by atoms with van der Waals surface area (Å²) >= 11 is 0. The van der Waals surface area contributed by atoms with Crippen LogP contribution in [-0.2, 0) is 4.79 Å². The minimum absolute atomic E-state index is 0.00582. The first-order valence-corrected chi connectivity index (χ1v) is 6.67. The number of hydrogen-bond donors (Lipinski definition) is 2. The number of aliphatic hydroxyl groups excluding tert-OH is 1. The van der Waals surface area contributed by atoms with E-state index in [0.717, 1.165) is 17.7 Å². The maximum Gasteiger partial charge on any atom is 0.157 e. The van der Waals surface area contributed by atoms with Gasteiger partial charge in [-0.1, -0.05) is 44.2 Å². The summed E-state index contributed by atoms with van der Waals surface area (Å²) in [5, 5.41) is 13.3. The van der Waals surface area contributed by atoms with Crippen molar-refractivity contribution in [1.29, 1.82) is 0 Å². The SMILES string of the molecule is CC1(C)CC(=O)C=C(NC[C@H](O)c2ccccc2)C1. The highest BCUT2D eigenvalue weighted by molar-refractivity contribution is 5.91. The molecule has 0 aliphatic heterocycles. The van der Waals surface area contributed by atoms with Crippen molar-refractivity contribution < 1.29 is 9.90 Å². The van der Waals surface area contributed by atoms with Crippen molar-refractivity contribution >= 4 is 5.78 Å². The first kappa shape index (κ1) is 13.8. The monoisotopic (exact) mass is 259 g/mol. The third-order valence-electron chi connectivity index (χ3n) is 3.36. The normalized spacial score (nSPS) is 19.7. The second kappa shape index (κ2) is 5.57. The Morgan fingerprint density at radius 3 is 2.58 bits per heavy atom. The molecule has 0 saturated heterocycles. The molecule has 0 aromatic heterocycles. The molecule has 0 amide bonds. The zero-order valence-electron chi connectivity index (χ0n) is 11.5. The summed E-state index contributed by atoms with van der Waals surface area (Å²) in [4.78, 5) is 11.6. The molecule has 0 unspecified atom stereocenters. The first-order chi connectivity index (χ1) is 8.96. The molecule has 2 N–H and O–H groups in total. The Bertz CT molecular complexity index is 477. The molecule has 1 aliphatic carbocycles. The van der Waals surface area contributed by atoms with Crippen LogP contribution in [0.15, 0.2) is 42.1 Å². The molecule has 0 radical (unpaired) electrons. The minimum Gasteiger partial charge on any atom is -0.387 e. The maximum absolute atomic E-state index is 11.6. The van der Waals surface area contributed by atoms with Crippen LogP contribution in [0.5, 0.6) is 0 Å². The van der Waals surface area contributed by atoms with E-state index in [1.54, 1.807) is 6.08 Å². The van der Waals surface area contributed by atoms with Gasteiger partial charge in [-0.05, 0) is 17.4 Å². The number of aliphatic hydroxyl groups is 1. The summed E-state index contributed by atoms with van der Waals surface area (Å²) in [6.45, 7) is 4.61. The van der Waals surface area contributed by atoms with Crippen LogP contribution in [0.2, 0.25) is 0 Å². The fourth-order valence-corrected chi connectivity index (χ4v) is 2.48. The number of carbonyl (C=O) groups excluding carboxylic acids is 1. The van der Waals surface area contributed by atoms with Gasteiger partial charge in [0.1, 0.15) is 0 Å². The van der Waals surface area contributed by atoms with Gasteiger partial charge in [-0.25, -0.2) is 0 Å². The van der Waals surface area contributed by atoms with Crippen LogP contribution >= 0.6 is 0 Å². The van der Waals surface area contributed by atoms with Crippen LogP contribution in [-0.4, -0.2) is 17.4 Å². The molecular formula is C16H21NO2. The van der Waals surface area contributed by atoms with Crippen molar-refractivity contribution in [2.24, 2.45) is 5.41 Å². The molecule has 0 heterocycles. The zero-order chi connectivity index (χ0) is 13.9. The zero-order valence-corrected chi connectivity index (χ0v) is 11.5. The number of benzene rings is 1. The van der Waals surface area contributed by atoms with E-state index in [2.05, 4.69) is 19.2 Å². The lowest BCUT2D eigenvalue weighted by Gasteiger charge is -2.29. The van der Waals surface area contributed by atoms with Crippen LogP contribution in [0, 0.1) is 5.41 Å². The average molecular weight is 259 g/mol. The fourth-order valence-electron chi connectivity index (χ4n) is 2.48. The lowest BCUT2D eigenvalue weighted by atomic mass is 9.79. The number of carbonyl (C=O) groups is 1. The lowest BCUT2D eigenvalue weighted by molar-refractivity contribution is -0.117. The molecule has 1 atom stereocenters. The van der Waals surface area contributed by atoms with Gasteiger partial charge in [0.25, 0.3) is 0 Å². The summed E-state index contributed by atoms with van der Waals surface area (Å²) < 4.78 is 0. The van der Waals surface area contributed by atoms with Crippen LogP contribution < -0.4 is 5.32 Å².